The zero-order valence-electron chi connectivity index (χ0n) is 12.7. The van der Waals surface area contributed by atoms with E-state index in [4.69, 9.17) is 5.11 Å². The molecule has 1 N–H and O–H groups in total. The number of aryl methyl sites for hydroxylation is 2. The van der Waals surface area contributed by atoms with Crippen molar-refractivity contribution in [3.8, 4) is 0 Å². The maximum atomic E-state index is 11.1. The van der Waals surface area contributed by atoms with Gasteiger partial charge in [-0.25, -0.2) is 0 Å². The summed E-state index contributed by atoms with van der Waals surface area (Å²) in [6, 6.07) is 6.48. The first kappa shape index (κ1) is 15.7. The molecule has 3 nitrogen and oxygen atoms in total. The molecule has 0 radical (unpaired) electrons. The van der Waals surface area contributed by atoms with Crippen molar-refractivity contribution in [1.29, 1.82) is 0 Å². The molecule has 0 unspecified atom stereocenters. The first-order valence-electron chi connectivity index (χ1n) is 6.70. The second-order valence-corrected chi connectivity index (χ2v) is 6.11. The maximum Gasteiger partial charge on any atom is 0.310 e. The zero-order chi connectivity index (χ0) is 14.6. The summed E-state index contributed by atoms with van der Waals surface area (Å²) in [5, 5.41) is 9.13. The van der Waals surface area contributed by atoms with Gasteiger partial charge in [-0.15, -0.1) is 0 Å². The van der Waals surface area contributed by atoms with Gasteiger partial charge in [0.05, 0.1) is 5.41 Å². The largest absolute Gasteiger partial charge is 0.481 e. The summed E-state index contributed by atoms with van der Waals surface area (Å²) in [6.45, 7) is 9.19. The molecule has 0 aliphatic heterocycles. The Morgan fingerprint density at radius 1 is 1.32 bits per heavy atom. The summed E-state index contributed by atoms with van der Waals surface area (Å²) < 4.78 is 0. The minimum Gasteiger partial charge on any atom is -0.481 e. The van der Waals surface area contributed by atoms with E-state index in [1.165, 1.54) is 16.7 Å². The Bertz CT molecular complexity index is 452. The van der Waals surface area contributed by atoms with Crippen LogP contribution in [0.5, 0.6) is 0 Å². The van der Waals surface area contributed by atoms with Gasteiger partial charge in [0.1, 0.15) is 0 Å². The molecule has 0 amide bonds. The van der Waals surface area contributed by atoms with Crippen LogP contribution in [0.4, 0.5) is 0 Å². The third kappa shape index (κ3) is 4.67. The van der Waals surface area contributed by atoms with Gasteiger partial charge in [-0.1, -0.05) is 23.8 Å². The molecule has 0 saturated heterocycles. The van der Waals surface area contributed by atoms with E-state index in [-0.39, 0.29) is 0 Å². The highest BCUT2D eigenvalue weighted by atomic mass is 16.4. The van der Waals surface area contributed by atoms with Gasteiger partial charge in [-0.3, -0.25) is 4.79 Å². The lowest BCUT2D eigenvalue weighted by Crippen LogP contribution is -2.38. The highest BCUT2D eigenvalue weighted by molar-refractivity contribution is 5.73. The molecular weight excluding hydrogens is 238 g/mol. The number of aliphatic carboxylic acids is 1. The Morgan fingerprint density at radius 3 is 2.53 bits per heavy atom. The predicted molar refractivity (Wildman–Crippen MR) is 78.5 cm³/mol. The second kappa shape index (κ2) is 6.20. The summed E-state index contributed by atoms with van der Waals surface area (Å²) in [5.41, 5.74) is 3.22. The lowest BCUT2D eigenvalue weighted by Gasteiger charge is -2.26. The highest BCUT2D eigenvalue weighted by Crippen LogP contribution is 2.17. The predicted octanol–water partition coefficient (Wildman–Crippen LogP) is 2.89. The van der Waals surface area contributed by atoms with Gasteiger partial charge in [-0.05, 0) is 52.3 Å². The van der Waals surface area contributed by atoms with Crippen molar-refractivity contribution in [3.63, 3.8) is 0 Å². The molecule has 0 fully saturated rings. The third-order valence-corrected chi connectivity index (χ3v) is 3.51. The summed E-state index contributed by atoms with van der Waals surface area (Å²) in [5.74, 6) is -0.744. The molecule has 19 heavy (non-hydrogen) atoms. The normalized spacial score (nSPS) is 11.9. The van der Waals surface area contributed by atoms with E-state index in [0.717, 1.165) is 13.0 Å². The number of hydrogen-bond donors (Lipinski definition) is 1. The first-order valence-corrected chi connectivity index (χ1v) is 6.70. The number of nitrogens with zero attached hydrogens (tertiary/aromatic N) is 1. The molecule has 0 spiro atoms. The fourth-order valence-electron chi connectivity index (χ4n) is 2.20. The van der Waals surface area contributed by atoms with Gasteiger partial charge in [0.25, 0.3) is 0 Å². The molecular formula is C16H25NO2. The standard InChI is InChI=1S/C16H25NO2/c1-12-6-7-13(2)14(10-12)8-9-17(5)11-16(3,4)15(18)19/h6-7,10H,8-9,11H2,1-5H3,(H,18,19). The fourth-order valence-corrected chi connectivity index (χ4v) is 2.20. The molecule has 1 aromatic rings. The van der Waals surface area contributed by atoms with Crippen LogP contribution in [0.2, 0.25) is 0 Å². The molecule has 0 aliphatic carbocycles. The molecule has 0 aromatic heterocycles. The minimum absolute atomic E-state index is 0.563. The van der Waals surface area contributed by atoms with Crippen LogP contribution in [-0.4, -0.2) is 36.1 Å². The van der Waals surface area contributed by atoms with Crippen LogP contribution in [0.1, 0.15) is 30.5 Å². The molecule has 0 saturated carbocycles. The average Bonchev–Trinajstić information content (AvgIpc) is 2.29. The smallest absolute Gasteiger partial charge is 0.310 e. The van der Waals surface area contributed by atoms with E-state index in [9.17, 15) is 4.79 Å². The van der Waals surface area contributed by atoms with Crippen molar-refractivity contribution in [3.05, 3.63) is 34.9 Å². The van der Waals surface area contributed by atoms with Gasteiger partial charge in [0.2, 0.25) is 0 Å². The van der Waals surface area contributed by atoms with Crippen molar-refractivity contribution >= 4 is 5.97 Å². The van der Waals surface area contributed by atoms with Crippen molar-refractivity contribution in [2.45, 2.75) is 34.1 Å². The Balaban J connectivity index is 2.57. The number of rotatable bonds is 6. The lowest BCUT2D eigenvalue weighted by atomic mass is 9.93. The second-order valence-electron chi connectivity index (χ2n) is 6.11. The summed E-state index contributed by atoms with van der Waals surface area (Å²) in [4.78, 5) is 13.2. The van der Waals surface area contributed by atoms with E-state index >= 15 is 0 Å². The van der Waals surface area contributed by atoms with Crippen LogP contribution < -0.4 is 0 Å². The van der Waals surface area contributed by atoms with Crippen molar-refractivity contribution in [2.75, 3.05) is 20.1 Å². The topological polar surface area (TPSA) is 40.5 Å². The number of benzene rings is 1. The minimum atomic E-state index is -0.744. The molecule has 1 rings (SSSR count). The van der Waals surface area contributed by atoms with Crippen LogP contribution in [-0.2, 0) is 11.2 Å². The Labute approximate surface area is 116 Å². The van der Waals surface area contributed by atoms with Gasteiger partial charge < -0.3 is 10.0 Å². The Kier molecular flexibility index (Phi) is 5.12. The summed E-state index contributed by atoms with van der Waals surface area (Å²) in [7, 11) is 1.98. The van der Waals surface area contributed by atoms with Crippen LogP contribution in [0.15, 0.2) is 18.2 Å². The van der Waals surface area contributed by atoms with Crippen LogP contribution in [0.3, 0.4) is 0 Å². The van der Waals surface area contributed by atoms with Crippen molar-refractivity contribution < 1.29 is 9.90 Å². The lowest BCUT2D eigenvalue weighted by molar-refractivity contribution is -0.147. The van der Waals surface area contributed by atoms with Crippen LogP contribution >= 0.6 is 0 Å². The van der Waals surface area contributed by atoms with E-state index < -0.39 is 11.4 Å². The van der Waals surface area contributed by atoms with Gasteiger partial charge in [0.15, 0.2) is 0 Å². The van der Waals surface area contributed by atoms with Crippen LogP contribution in [0, 0.1) is 19.3 Å². The van der Waals surface area contributed by atoms with Gasteiger partial charge >= 0.3 is 5.97 Å². The van der Waals surface area contributed by atoms with Crippen molar-refractivity contribution in [1.82, 2.24) is 4.90 Å². The highest BCUT2D eigenvalue weighted by Gasteiger charge is 2.28. The number of carboxylic acids is 1. The fraction of sp³-hybridized carbons (Fsp3) is 0.562. The zero-order valence-corrected chi connectivity index (χ0v) is 12.7. The molecule has 1 aromatic carbocycles. The number of carbonyl (C=O) groups is 1. The third-order valence-electron chi connectivity index (χ3n) is 3.51. The Morgan fingerprint density at radius 2 is 1.95 bits per heavy atom. The average molecular weight is 263 g/mol. The quantitative estimate of drug-likeness (QED) is 0.858. The van der Waals surface area contributed by atoms with E-state index in [0.29, 0.717) is 6.54 Å². The van der Waals surface area contributed by atoms with Crippen molar-refractivity contribution in [2.24, 2.45) is 5.41 Å². The molecule has 106 valence electrons. The van der Waals surface area contributed by atoms with Gasteiger partial charge in [-0.2, -0.15) is 0 Å². The Hall–Kier alpha value is -1.35. The molecule has 0 aliphatic rings. The first-order chi connectivity index (χ1) is 8.72. The summed E-state index contributed by atoms with van der Waals surface area (Å²) >= 11 is 0. The summed E-state index contributed by atoms with van der Waals surface area (Å²) in [6.07, 6.45) is 0.958. The number of hydrogen-bond acceptors (Lipinski definition) is 2. The van der Waals surface area contributed by atoms with Gasteiger partial charge in [0, 0.05) is 13.1 Å². The van der Waals surface area contributed by atoms with E-state index in [2.05, 4.69) is 36.9 Å². The van der Waals surface area contributed by atoms with E-state index in [1.807, 2.05) is 7.05 Å². The monoisotopic (exact) mass is 263 g/mol. The maximum absolute atomic E-state index is 11.1. The van der Waals surface area contributed by atoms with E-state index in [1.54, 1.807) is 13.8 Å². The molecule has 3 heteroatoms. The molecule has 0 heterocycles. The molecule has 0 atom stereocenters. The van der Waals surface area contributed by atoms with Crippen LogP contribution in [0.25, 0.3) is 0 Å². The number of carboxylic acid groups (broad SMARTS) is 1. The number of likely N-dealkylation sites (N-methyl/N-ethyl adjacent to an activating group) is 1. The molecule has 0 bridgehead atoms. The SMILES string of the molecule is Cc1ccc(C)c(CCN(C)CC(C)(C)C(=O)O)c1.